The molecule has 0 radical (unpaired) electrons. The molecule has 6 heteroatoms. The van der Waals surface area contributed by atoms with Crippen LogP contribution in [0.4, 0.5) is 10.2 Å². The van der Waals surface area contributed by atoms with E-state index in [1.165, 1.54) is 18.3 Å². The number of nitriles is 1. The minimum absolute atomic E-state index is 0.199. The van der Waals surface area contributed by atoms with Crippen molar-refractivity contribution in [3.63, 3.8) is 0 Å². The highest BCUT2D eigenvalue weighted by molar-refractivity contribution is 5.37. The summed E-state index contributed by atoms with van der Waals surface area (Å²) in [7, 11) is 0. The first kappa shape index (κ1) is 15.4. The summed E-state index contributed by atoms with van der Waals surface area (Å²) in [6, 6.07) is 8.67. The molecule has 0 aliphatic carbocycles. The normalized spacial score (nSPS) is 15.9. The molecule has 0 amide bonds. The van der Waals surface area contributed by atoms with Crippen LogP contribution in [0.3, 0.4) is 0 Å². The van der Waals surface area contributed by atoms with E-state index in [1.54, 1.807) is 6.20 Å². The molecule has 0 atom stereocenters. The van der Waals surface area contributed by atoms with E-state index in [1.807, 2.05) is 18.2 Å². The van der Waals surface area contributed by atoms with Crippen molar-refractivity contribution < 1.29 is 4.39 Å². The van der Waals surface area contributed by atoms with Crippen molar-refractivity contribution in [3.8, 4) is 6.07 Å². The van der Waals surface area contributed by atoms with E-state index in [-0.39, 0.29) is 5.82 Å². The van der Waals surface area contributed by atoms with Crippen molar-refractivity contribution in [1.82, 2.24) is 14.9 Å². The molecule has 0 N–H and O–H groups in total. The number of rotatable bonds is 3. The molecule has 118 valence electrons. The van der Waals surface area contributed by atoms with Crippen molar-refractivity contribution in [2.75, 3.05) is 31.1 Å². The summed E-state index contributed by atoms with van der Waals surface area (Å²) in [5.41, 5.74) is 1.46. The van der Waals surface area contributed by atoms with Crippen molar-refractivity contribution in [2.24, 2.45) is 0 Å². The standard InChI is InChI=1S/C17H18FN5/c18-15-4-2-14(3-5-15)13-22-6-1-7-23(9-8-22)17-12-20-16(10-19)11-21-17/h2-5,11-12H,1,6-9,13H2. The first-order valence-corrected chi connectivity index (χ1v) is 7.68. The van der Waals surface area contributed by atoms with Gasteiger partial charge in [-0.1, -0.05) is 12.1 Å². The van der Waals surface area contributed by atoms with Gasteiger partial charge >= 0.3 is 0 Å². The fraction of sp³-hybridized carbons (Fsp3) is 0.353. The highest BCUT2D eigenvalue weighted by Gasteiger charge is 2.16. The summed E-state index contributed by atoms with van der Waals surface area (Å²) in [5.74, 6) is 0.614. The third-order valence-corrected chi connectivity index (χ3v) is 3.98. The predicted octanol–water partition coefficient (Wildman–Crippen LogP) is 2.20. The van der Waals surface area contributed by atoms with E-state index in [2.05, 4.69) is 19.8 Å². The van der Waals surface area contributed by atoms with Crippen molar-refractivity contribution in [2.45, 2.75) is 13.0 Å². The van der Waals surface area contributed by atoms with Gasteiger partial charge in [-0.05, 0) is 24.1 Å². The summed E-state index contributed by atoms with van der Waals surface area (Å²) in [6.45, 7) is 4.52. The number of anilines is 1. The first-order chi connectivity index (χ1) is 11.2. The van der Waals surface area contributed by atoms with Crippen molar-refractivity contribution >= 4 is 5.82 Å². The van der Waals surface area contributed by atoms with E-state index in [0.717, 1.165) is 50.5 Å². The molecule has 0 bridgehead atoms. The topological polar surface area (TPSA) is 56.1 Å². The second kappa shape index (κ2) is 7.16. The number of hydrogen-bond acceptors (Lipinski definition) is 5. The minimum Gasteiger partial charge on any atom is -0.354 e. The van der Waals surface area contributed by atoms with Gasteiger partial charge in [-0.15, -0.1) is 0 Å². The smallest absolute Gasteiger partial charge is 0.158 e. The molecule has 2 heterocycles. The van der Waals surface area contributed by atoms with Crippen LogP contribution < -0.4 is 4.90 Å². The Kier molecular flexibility index (Phi) is 4.79. The van der Waals surface area contributed by atoms with Crippen LogP contribution in [-0.2, 0) is 6.54 Å². The second-order valence-electron chi connectivity index (χ2n) is 5.61. The van der Waals surface area contributed by atoms with Crippen LogP contribution in [-0.4, -0.2) is 41.0 Å². The lowest BCUT2D eigenvalue weighted by Crippen LogP contribution is -2.31. The second-order valence-corrected chi connectivity index (χ2v) is 5.61. The van der Waals surface area contributed by atoms with Crippen LogP contribution in [0.1, 0.15) is 17.7 Å². The third kappa shape index (κ3) is 4.02. The zero-order valence-electron chi connectivity index (χ0n) is 12.8. The SMILES string of the molecule is N#Cc1cnc(N2CCCN(Cc3ccc(F)cc3)CC2)cn1. The van der Waals surface area contributed by atoms with Gasteiger partial charge in [0.1, 0.15) is 17.7 Å². The van der Waals surface area contributed by atoms with E-state index in [9.17, 15) is 4.39 Å². The molecular formula is C17H18FN5. The Morgan fingerprint density at radius 1 is 1.04 bits per heavy atom. The van der Waals surface area contributed by atoms with Crippen LogP contribution in [0.2, 0.25) is 0 Å². The Balaban J connectivity index is 1.60. The van der Waals surface area contributed by atoms with Gasteiger partial charge in [0.25, 0.3) is 0 Å². The third-order valence-electron chi connectivity index (χ3n) is 3.98. The maximum absolute atomic E-state index is 13.0. The van der Waals surface area contributed by atoms with E-state index < -0.39 is 0 Å². The van der Waals surface area contributed by atoms with Crippen molar-refractivity contribution in [3.05, 3.63) is 53.7 Å². The molecule has 3 rings (SSSR count). The Bertz CT molecular complexity index is 678. The molecule has 2 aromatic rings. The Labute approximate surface area is 135 Å². The summed E-state index contributed by atoms with van der Waals surface area (Å²) in [5, 5.41) is 8.78. The summed E-state index contributed by atoms with van der Waals surface area (Å²) in [4.78, 5) is 13.0. The van der Waals surface area contributed by atoms with Gasteiger partial charge in [-0.3, -0.25) is 4.90 Å². The molecule has 0 spiro atoms. The van der Waals surface area contributed by atoms with Crippen LogP contribution >= 0.6 is 0 Å². The maximum atomic E-state index is 13.0. The van der Waals surface area contributed by atoms with Gasteiger partial charge in [0, 0.05) is 32.7 Å². The average Bonchev–Trinajstić information content (AvgIpc) is 2.83. The molecular weight excluding hydrogens is 293 g/mol. The largest absolute Gasteiger partial charge is 0.354 e. The maximum Gasteiger partial charge on any atom is 0.158 e. The van der Waals surface area contributed by atoms with E-state index in [4.69, 9.17) is 5.26 Å². The number of nitrogens with zero attached hydrogens (tertiary/aromatic N) is 5. The summed E-state index contributed by atoms with van der Waals surface area (Å²) < 4.78 is 13.0. The van der Waals surface area contributed by atoms with Gasteiger partial charge < -0.3 is 4.90 Å². The van der Waals surface area contributed by atoms with Gasteiger partial charge in [-0.25, -0.2) is 14.4 Å². The average molecular weight is 311 g/mol. The molecule has 1 saturated heterocycles. The van der Waals surface area contributed by atoms with Gasteiger partial charge in [-0.2, -0.15) is 5.26 Å². The molecule has 1 aromatic carbocycles. The zero-order valence-corrected chi connectivity index (χ0v) is 12.8. The van der Waals surface area contributed by atoms with E-state index >= 15 is 0 Å². The van der Waals surface area contributed by atoms with Gasteiger partial charge in [0.2, 0.25) is 0 Å². The Morgan fingerprint density at radius 3 is 2.57 bits per heavy atom. The Hall–Kier alpha value is -2.52. The molecule has 5 nitrogen and oxygen atoms in total. The van der Waals surface area contributed by atoms with Gasteiger partial charge in [0.05, 0.1) is 12.4 Å². The summed E-state index contributed by atoms with van der Waals surface area (Å²) >= 11 is 0. The lowest BCUT2D eigenvalue weighted by molar-refractivity contribution is 0.285. The number of halogens is 1. The lowest BCUT2D eigenvalue weighted by atomic mass is 10.2. The van der Waals surface area contributed by atoms with Crippen LogP contribution in [0.25, 0.3) is 0 Å². The van der Waals surface area contributed by atoms with E-state index in [0.29, 0.717) is 5.69 Å². The molecule has 1 aromatic heterocycles. The monoisotopic (exact) mass is 311 g/mol. The quantitative estimate of drug-likeness (QED) is 0.870. The molecule has 0 saturated carbocycles. The first-order valence-electron chi connectivity index (χ1n) is 7.68. The number of benzene rings is 1. The molecule has 1 fully saturated rings. The molecule has 0 unspecified atom stereocenters. The predicted molar refractivity (Wildman–Crippen MR) is 85.3 cm³/mol. The fourth-order valence-electron chi connectivity index (χ4n) is 2.75. The number of hydrogen-bond donors (Lipinski definition) is 0. The zero-order chi connectivity index (χ0) is 16.1. The van der Waals surface area contributed by atoms with Crippen LogP contribution in [0, 0.1) is 17.1 Å². The highest BCUT2D eigenvalue weighted by Crippen LogP contribution is 2.14. The molecule has 1 aliphatic heterocycles. The molecule has 23 heavy (non-hydrogen) atoms. The fourth-order valence-corrected chi connectivity index (χ4v) is 2.75. The Morgan fingerprint density at radius 2 is 1.87 bits per heavy atom. The lowest BCUT2D eigenvalue weighted by Gasteiger charge is -2.22. The molecule has 1 aliphatic rings. The van der Waals surface area contributed by atoms with Crippen LogP contribution in [0.5, 0.6) is 0 Å². The highest BCUT2D eigenvalue weighted by atomic mass is 19.1. The van der Waals surface area contributed by atoms with Crippen LogP contribution in [0.15, 0.2) is 36.7 Å². The number of aromatic nitrogens is 2. The van der Waals surface area contributed by atoms with Crippen molar-refractivity contribution in [1.29, 1.82) is 5.26 Å². The van der Waals surface area contributed by atoms with Gasteiger partial charge in [0.15, 0.2) is 5.69 Å². The summed E-state index contributed by atoms with van der Waals surface area (Å²) in [6.07, 6.45) is 4.20. The minimum atomic E-state index is -0.199.